The molecule has 1 aliphatic heterocycles. The molecule has 17 heavy (non-hydrogen) atoms. The molecule has 0 radical (unpaired) electrons. The fourth-order valence-electron chi connectivity index (χ4n) is 2.58. The number of carboxylic acid groups (broad SMARTS) is 1. The molecule has 2 atom stereocenters. The lowest BCUT2D eigenvalue weighted by Crippen LogP contribution is -2.49. The second-order valence-corrected chi connectivity index (χ2v) is 4.37. The van der Waals surface area contributed by atoms with E-state index in [1.807, 2.05) is 37.4 Å². The molecule has 2 rings (SSSR count). The van der Waals surface area contributed by atoms with E-state index in [0.717, 1.165) is 18.4 Å². The van der Waals surface area contributed by atoms with Crippen LogP contribution in [0.3, 0.4) is 0 Å². The maximum Gasteiger partial charge on any atom is 0.407 e. The number of piperidine rings is 1. The van der Waals surface area contributed by atoms with Crippen LogP contribution >= 0.6 is 0 Å². The molecule has 1 heterocycles. The van der Waals surface area contributed by atoms with Gasteiger partial charge in [-0.3, -0.25) is 4.90 Å². The van der Waals surface area contributed by atoms with Gasteiger partial charge < -0.3 is 10.4 Å². The van der Waals surface area contributed by atoms with Crippen LogP contribution in [0.2, 0.25) is 0 Å². The van der Waals surface area contributed by atoms with Crippen LogP contribution < -0.4 is 5.32 Å². The van der Waals surface area contributed by atoms with E-state index < -0.39 is 6.09 Å². The normalized spacial score (nSPS) is 24.6. The van der Waals surface area contributed by atoms with Crippen molar-refractivity contribution >= 4 is 6.09 Å². The molecule has 4 heteroatoms. The van der Waals surface area contributed by atoms with Gasteiger partial charge in [0.1, 0.15) is 0 Å². The van der Waals surface area contributed by atoms with Crippen molar-refractivity contribution in [1.82, 2.24) is 10.2 Å². The number of nitrogens with zero attached hydrogens (tertiary/aromatic N) is 1. The fourth-order valence-corrected chi connectivity index (χ4v) is 2.58. The molecule has 0 saturated carbocycles. The molecule has 0 unspecified atom stereocenters. The zero-order valence-corrected chi connectivity index (χ0v) is 9.97. The number of likely N-dealkylation sites (tertiary alicyclic amines) is 1. The Balaban J connectivity index is 2.32. The first-order valence-corrected chi connectivity index (χ1v) is 5.96. The maximum atomic E-state index is 11.3. The van der Waals surface area contributed by atoms with Crippen molar-refractivity contribution in [3.63, 3.8) is 0 Å². The highest BCUT2D eigenvalue weighted by Crippen LogP contribution is 2.30. The van der Waals surface area contributed by atoms with Gasteiger partial charge in [0.05, 0.1) is 6.04 Å². The summed E-state index contributed by atoms with van der Waals surface area (Å²) in [7, 11) is 1.89. The Morgan fingerprint density at radius 2 is 2.12 bits per heavy atom. The first-order chi connectivity index (χ1) is 8.24. The van der Waals surface area contributed by atoms with Crippen molar-refractivity contribution in [3.8, 4) is 0 Å². The van der Waals surface area contributed by atoms with Gasteiger partial charge in [0.15, 0.2) is 0 Å². The van der Waals surface area contributed by atoms with Crippen LogP contribution in [-0.4, -0.2) is 35.7 Å². The van der Waals surface area contributed by atoms with Crippen LogP contribution in [0.5, 0.6) is 0 Å². The van der Waals surface area contributed by atoms with Crippen LogP contribution in [0.25, 0.3) is 0 Å². The number of hydrogen-bond donors (Lipinski definition) is 2. The van der Waals surface area contributed by atoms with E-state index in [-0.39, 0.29) is 12.1 Å². The largest absolute Gasteiger partial charge is 0.465 e. The van der Waals surface area contributed by atoms with Gasteiger partial charge in [-0.2, -0.15) is 0 Å². The van der Waals surface area contributed by atoms with Crippen LogP contribution in [0.1, 0.15) is 24.4 Å². The van der Waals surface area contributed by atoms with E-state index in [0.29, 0.717) is 6.54 Å². The monoisotopic (exact) mass is 234 g/mol. The number of likely N-dealkylation sites (N-methyl/N-ethyl adjacent to an activating group) is 1. The average molecular weight is 234 g/mol. The van der Waals surface area contributed by atoms with Crippen molar-refractivity contribution in [1.29, 1.82) is 0 Å². The Morgan fingerprint density at radius 1 is 1.41 bits per heavy atom. The van der Waals surface area contributed by atoms with Crippen LogP contribution in [0.15, 0.2) is 30.3 Å². The Labute approximate surface area is 101 Å². The highest BCUT2D eigenvalue weighted by Gasteiger charge is 2.34. The molecule has 1 aliphatic rings. The van der Waals surface area contributed by atoms with Gasteiger partial charge in [0.25, 0.3) is 0 Å². The summed E-state index contributed by atoms with van der Waals surface area (Å²) in [6.45, 7) is 0.618. The SMILES string of the molecule is CN[C@@H]1CCCN(C(=O)O)[C@@H]1c1ccccc1. The van der Waals surface area contributed by atoms with Crippen LogP contribution in [0.4, 0.5) is 4.79 Å². The van der Waals surface area contributed by atoms with Crippen molar-refractivity contribution < 1.29 is 9.90 Å². The smallest absolute Gasteiger partial charge is 0.407 e. The Hall–Kier alpha value is -1.55. The Bertz CT molecular complexity index is 380. The van der Waals surface area contributed by atoms with Gasteiger partial charge in [-0.25, -0.2) is 4.79 Å². The lowest BCUT2D eigenvalue weighted by atomic mass is 9.91. The molecule has 4 nitrogen and oxygen atoms in total. The molecule has 1 fully saturated rings. The van der Waals surface area contributed by atoms with Gasteiger partial charge in [0.2, 0.25) is 0 Å². The summed E-state index contributed by atoms with van der Waals surface area (Å²) in [4.78, 5) is 12.8. The van der Waals surface area contributed by atoms with E-state index in [1.165, 1.54) is 0 Å². The van der Waals surface area contributed by atoms with Crippen LogP contribution in [-0.2, 0) is 0 Å². The molecule has 1 saturated heterocycles. The molecule has 0 aliphatic carbocycles. The molecule has 0 spiro atoms. The predicted molar refractivity (Wildman–Crippen MR) is 66.0 cm³/mol. The number of hydrogen-bond acceptors (Lipinski definition) is 2. The zero-order chi connectivity index (χ0) is 12.3. The van der Waals surface area contributed by atoms with E-state index in [9.17, 15) is 9.90 Å². The van der Waals surface area contributed by atoms with E-state index in [2.05, 4.69) is 5.32 Å². The lowest BCUT2D eigenvalue weighted by Gasteiger charge is -2.40. The Kier molecular flexibility index (Phi) is 3.64. The Morgan fingerprint density at radius 3 is 2.71 bits per heavy atom. The first-order valence-electron chi connectivity index (χ1n) is 5.96. The molecule has 92 valence electrons. The number of nitrogens with one attached hydrogen (secondary N) is 1. The summed E-state index contributed by atoms with van der Waals surface area (Å²) in [6, 6.07) is 9.97. The zero-order valence-electron chi connectivity index (χ0n) is 9.97. The quantitative estimate of drug-likeness (QED) is 0.823. The summed E-state index contributed by atoms with van der Waals surface area (Å²) >= 11 is 0. The molecule has 1 aromatic rings. The van der Waals surface area contributed by atoms with E-state index in [4.69, 9.17) is 0 Å². The second-order valence-electron chi connectivity index (χ2n) is 4.37. The second kappa shape index (κ2) is 5.19. The van der Waals surface area contributed by atoms with Gasteiger partial charge >= 0.3 is 6.09 Å². The minimum atomic E-state index is -0.834. The molecule has 0 aromatic heterocycles. The summed E-state index contributed by atoms with van der Waals surface area (Å²) in [5, 5.41) is 12.5. The highest BCUT2D eigenvalue weighted by atomic mass is 16.4. The average Bonchev–Trinajstić information content (AvgIpc) is 2.38. The predicted octanol–water partition coefficient (Wildman–Crippen LogP) is 2.09. The van der Waals surface area contributed by atoms with Crippen molar-refractivity contribution in [3.05, 3.63) is 35.9 Å². The van der Waals surface area contributed by atoms with Gasteiger partial charge in [-0.05, 0) is 25.5 Å². The fraction of sp³-hybridized carbons (Fsp3) is 0.462. The summed E-state index contributed by atoms with van der Waals surface area (Å²) in [5.41, 5.74) is 1.06. The van der Waals surface area contributed by atoms with Gasteiger partial charge in [-0.15, -0.1) is 0 Å². The topological polar surface area (TPSA) is 52.6 Å². The van der Waals surface area contributed by atoms with Crippen molar-refractivity contribution in [2.24, 2.45) is 0 Å². The third-order valence-electron chi connectivity index (χ3n) is 3.39. The molecule has 1 aromatic carbocycles. The third-order valence-corrected chi connectivity index (χ3v) is 3.39. The molecular formula is C13H18N2O2. The lowest BCUT2D eigenvalue weighted by molar-refractivity contribution is 0.0911. The first kappa shape index (κ1) is 11.9. The number of benzene rings is 1. The minimum Gasteiger partial charge on any atom is -0.465 e. The standard InChI is InChI=1S/C13H18N2O2/c1-14-11-8-5-9-15(13(16)17)12(11)10-6-3-2-4-7-10/h2-4,6-7,11-12,14H,5,8-9H2,1H3,(H,16,17)/t11-,12-/m1/s1. The van der Waals surface area contributed by atoms with Crippen molar-refractivity contribution in [2.75, 3.05) is 13.6 Å². The van der Waals surface area contributed by atoms with E-state index in [1.54, 1.807) is 4.90 Å². The number of rotatable bonds is 2. The van der Waals surface area contributed by atoms with E-state index >= 15 is 0 Å². The third kappa shape index (κ3) is 2.42. The van der Waals surface area contributed by atoms with Gasteiger partial charge in [-0.1, -0.05) is 30.3 Å². The van der Waals surface area contributed by atoms with Crippen molar-refractivity contribution in [2.45, 2.75) is 24.9 Å². The summed E-state index contributed by atoms with van der Waals surface area (Å²) in [6.07, 6.45) is 1.10. The molecule has 2 N–H and O–H groups in total. The number of carbonyl (C=O) groups is 1. The molecule has 1 amide bonds. The minimum absolute atomic E-state index is 0.0764. The summed E-state index contributed by atoms with van der Waals surface area (Å²) in [5.74, 6) is 0. The van der Waals surface area contributed by atoms with Crippen LogP contribution in [0, 0.1) is 0 Å². The molecular weight excluding hydrogens is 216 g/mol. The van der Waals surface area contributed by atoms with Gasteiger partial charge in [0, 0.05) is 12.6 Å². The highest BCUT2D eigenvalue weighted by molar-refractivity contribution is 5.66. The molecule has 0 bridgehead atoms. The number of amides is 1. The summed E-state index contributed by atoms with van der Waals surface area (Å²) < 4.78 is 0. The maximum absolute atomic E-state index is 11.3.